The molecule has 19 heavy (non-hydrogen) atoms. The van der Waals surface area contributed by atoms with Gasteiger partial charge in [-0.25, -0.2) is 12.8 Å². The van der Waals surface area contributed by atoms with Crippen LogP contribution in [0.5, 0.6) is 0 Å². The minimum Gasteiger partial charge on any atom is -0.396 e. The number of rotatable bonds is 8. The Hall–Kier alpha value is -0.940. The van der Waals surface area contributed by atoms with Crippen LogP contribution in [-0.4, -0.2) is 25.9 Å². The lowest BCUT2D eigenvalue weighted by Crippen LogP contribution is -2.16. The van der Waals surface area contributed by atoms with Crippen molar-refractivity contribution in [3.8, 4) is 0 Å². The van der Waals surface area contributed by atoms with E-state index in [1.54, 1.807) is 0 Å². The normalized spacial score (nSPS) is 13.4. The van der Waals surface area contributed by atoms with Crippen LogP contribution in [0, 0.1) is 5.82 Å². The fourth-order valence-corrected chi connectivity index (χ4v) is 4.08. The van der Waals surface area contributed by atoms with Gasteiger partial charge < -0.3 is 5.11 Å². The minimum absolute atomic E-state index is 0.0925. The largest absolute Gasteiger partial charge is 0.396 e. The number of halogens is 1. The number of unbranched alkanes of at least 4 members (excludes halogenated alkanes) is 2. The number of hydrogen-bond acceptors (Lipinski definition) is 3. The van der Waals surface area contributed by atoms with Crippen molar-refractivity contribution in [2.75, 3.05) is 12.4 Å². The van der Waals surface area contributed by atoms with Crippen molar-refractivity contribution in [1.29, 1.82) is 0 Å². The third kappa shape index (κ3) is 4.91. The molecule has 1 N–H and O–H groups in total. The highest BCUT2D eigenvalue weighted by Gasteiger charge is 2.24. The highest BCUT2D eigenvalue weighted by atomic mass is 32.2. The van der Waals surface area contributed by atoms with Crippen molar-refractivity contribution in [1.82, 2.24) is 0 Å². The van der Waals surface area contributed by atoms with Crippen molar-refractivity contribution < 1.29 is 17.9 Å². The Kier molecular flexibility index (Phi) is 6.45. The van der Waals surface area contributed by atoms with E-state index in [1.807, 2.05) is 6.92 Å². The Morgan fingerprint density at radius 3 is 2.32 bits per heavy atom. The molecule has 1 aromatic carbocycles. The highest BCUT2D eigenvalue weighted by Crippen LogP contribution is 2.27. The van der Waals surface area contributed by atoms with Crippen LogP contribution in [0.2, 0.25) is 0 Å². The maximum atomic E-state index is 12.9. The second kappa shape index (κ2) is 7.60. The first-order valence-electron chi connectivity index (χ1n) is 6.59. The molecule has 0 aromatic heterocycles. The molecule has 1 unspecified atom stereocenters. The Morgan fingerprint density at radius 2 is 1.79 bits per heavy atom. The van der Waals surface area contributed by atoms with E-state index in [0.29, 0.717) is 31.2 Å². The Morgan fingerprint density at radius 1 is 1.16 bits per heavy atom. The SMILES string of the molecule is CCC(c1ccc(F)cc1)S(=O)(=O)CCCCCO. The first-order chi connectivity index (χ1) is 9.01. The summed E-state index contributed by atoms with van der Waals surface area (Å²) in [6, 6.07) is 5.65. The molecule has 0 aliphatic heterocycles. The first kappa shape index (κ1) is 16.1. The molecule has 0 spiro atoms. The summed E-state index contributed by atoms with van der Waals surface area (Å²) in [5.41, 5.74) is 0.644. The molecule has 1 aromatic rings. The van der Waals surface area contributed by atoms with Gasteiger partial charge in [0, 0.05) is 6.61 Å². The van der Waals surface area contributed by atoms with Gasteiger partial charge in [-0.05, 0) is 37.0 Å². The number of benzene rings is 1. The third-order valence-corrected chi connectivity index (χ3v) is 5.46. The predicted molar refractivity (Wildman–Crippen MR) is 74.2 cm³/mol. The van der Waals surface area contributed by atoms with Crippen molar-refractivity contribution in [2.24, 2.45) is 0 Å². The Bertz CT molecular complexity index is 468. The second-order valence-corrected chi connectivity index (χ2v) is 6.90. The molecule has 0 aliphatic carbocycles. The summed E-state index contributed by atoms with van der Waals surface area (Å²) in [6.07, 6.45) is 2.37. The summed E-state index contributed by atoms with van der Waals surface area (Å²) in [7, 11) is -3.22. The molecule has 0 saturated heterocycles. The zero-order valence-corrected chi connectivity index (χ0v) is 12.0. The lowest BCUT2D eigenvalue weighted by molar-refractivity contribution is 0.284. The van der Waals surface area contributed by atoms with Crippen LogP contribution in [-0.2, 0) is 9.84 Å². The average molecular weight is 288 g/mol. The van der Waals surface area contributed by atoms with Crippen molar-refractivity contribution >= 4 is 9.84 Å². The smallest absolute Gasteiger partial charge is 0.157 e. The molecule has 5 heteroatoms. The number of aliphatic hydroxyl groups excluding tert-OH is 1. The van der Waals surface area contributed by atoms with E-state index in [0.717, 1.165) is 0 Å². The van der Waals surface area contributed by atoms with Crippen molar-refractivity contribution in [3.05, 3.63) is 35.6 Å². The van der Waals surface area contributed by atoms with Gasteiger partial charge in [-0.1, -0.05) is 25.5 Å². The average Bonchev–Trinajstić information content (AvgIpc) is 2.37. The van der Waals surface area contributed by atoms with Crippen LogP contribution < -0.4 is 0 Å². The van der Waals surface area contributed by atoms with Crippen LogP contribution in [0.25, 0.3) is 0 Å². The van der Waals surface area contributed by atoms with Gasteiger partial charge in [-0.3, -0.25) is 0 Å². The van der Waals surface area contributed by atoms with Gasteiger partial charge in [0.25, 0.3) is 0 Å². The number of hydrogen-bond donors (Lipinski definition) is 1. The summed E-state index contributed by atoms with van der Waals surface area (Å²) < 4.78 is 37.4. The molecule has 0 fully saturated rings. The monoisotopic (exact) mass is 288 g/mol. The summed E-state index contributed by atoms with van der Waals surface area (Å²) >= 11 is 0. The summed E-state index contributed by atoms with van der Waals surface area (Å²) in [5.74, 6) is -0.248. The maximum Gasteiger partial charge on any atom is 0.157 e. The second-order valence-electron chi connectivity index (χ2n) is 4.60. The Balaban J connectivity index is 2.75. The first-order valence-corrected chi connectivity index (χ1v) is 8.30. The molecule has 0 aliphatic rings. The highest BCUT2D eigenvalue weighted by molar-refractivity contribution is 7.91. The molecular weight excluding hydrogens is 267 g/mol. The van der Waals surface area contributed by atoms with Gasteiger partial charge in [-0.2, -0.15) is 0 Å². The van der Waals surface area contributed by atoms with Crippen molar-refractivity contribution in [3.63, 3.8) is 0 Å². The van der Waals surface area contributed by atoms with Gasteiger partial charge in [0.2, 0.25) is 0 Å². The molecule has 0 radical (unpaired) electrons. The Labute approximate surface area is 114 Å². The van der Waals surface area contributed by atoms with E-state index in [9.17, 15) is 12.8 Å². The summed E-state index contributed by atoms with van der Waals surface area (Å²) in [5, 5.41) is 8.10. The van der Waals surface area contributed by atoms with Gasteiger partial charge in [0.05, 0.1) is 11.0 Å². The predicted octanol–water partition coefficient (Wildman–Crippen LogP) is 2.85. The lowest BCUT2D eigenvalue weighted by Gasteiger charge is -2.16. The van der Waals surface area contributed by atoms with Crippen LogP contribution in [0.4, 0.5) is 4.39 Å². The topological polar surface area (TPSA) is 54.4 Å². The molecule has 1 atom stereocenters. The van der Waals surface area contributed by atoms with Gasteiger partial charge in [0.15, 0.2) is 9.84 Å². The summed E-state index contributed by atoms with van der Waals surface area (Å²) in [6.45, 7) is 1.91. The van der Waals surface area contributed by atoms with E-state index >= 15 is 0 Å². The summed E-state index contributed by atoms with van der Waals surface area (Å²) in [4.78, 5) is 0. The van der Waals surface area contributed by atoms with Crippen molar-refractivity contribution in [2.45, 2.75) is 37.9 Å². The van der Waals surface area contributed by atoms with E-state index in [1.165, 1.54) is 24.3 Å². The molecule has 3 nitrogen and oxygen atoms in total. The number of sulfone groups is 1. The van der Waals surface area contributed by atoms with Crippen LogP contribution in [0.1, 0.15) is 43.4 Å². The molecular formula is C14H21FO3S. The van der Waals surface area contributed by atoms with E-state index in [-0.39, 0.29) is 18.2 Å². The zero-order valence-electron chi connectivity index (χ0n) is 11.2. The van der Waals surface area contributed by atoms with Gasteiger partial charge >= 0.3 is 0 Å². The number of aliphatic hydroxyl groups is 1. The molecule has 0 heterocycles. The van der Waals surface area contributed by atoms with Gasteiger partial charge in [-0.15, -0.1) is 0 Å². The standard InChI is InChI=1S/C14H21FO3S/c1-2-14(12-6-8-13(15)9-7-12)19(17,18)11-5-3-4-10-16/h6-9,14,16H,2-5,10-11H2,1H3. The maximum absolute atomic E-state index is 12.9. The van der Waals surface area contributed by atoms with Crippen LogP contribution >= 0.6 is 0 Å². The zero-order chi connectivity index (χ0) is 14.3. The molecule has 0 amide bonds. The molecule has 108 valence electrons. The third-order valence-electron chi connectivity index (χ3n) is 3.13. The van der Waals surface area contributed by atoms with E-state index < -0.39 is 15.1 Å². The molecule has 0 bridgehead atoms. The quantitative estimate of drug-likeness (QED) is 0.748. The molecule has 0 saturated carbocycles. The minimum atomic E-state index is -3.22. The molecule has 1 rings (SSSR count). The fraction of sp³-hybridized carbons (Fsp3) is 0.571. The van der Waals surface area contributed by atoms with E-state index in [4.69, 9.17) is 5.11 Å². The van der Waals surface area contributed by atoms with Crippen LogP contribution in [0.15, 0.2) is 24.3 Å². The lowest BCUT2D eigenvalue weighted by atomic mass is 10.1. The fourth-order valence-electron chi connectivity index (χ4n) is 2.11. The van der Waals surface area contributed by atoms with Gasteiger partial charge in [0.1, 0.15) is 5.82 Å². The van der Waals surface area contributed by atoms with Crippen LogP contribution in [0.3, 0.4) is 0 Å². The van der Waals surface area contributed by atoms with E-state index in [2.05, 4.69) is 0 Å².